The molecule has 2 aromatic rings. The minimum atomic E-state index is -0.419. The number of benzene rings is 1. The summed E-state index contributed by atoms with van der Waals surface area (Å²) in [4.78, 5) is 17.3. The number of hydrogen-bond donors (Lipinski definition) is 0. The molecule has 4 nitrogen and oxygen atoms in total. The third kappa shape index (κ3) is 4.18. The van der Waals surface area contributed by atoms with Gasteiger partial charge in [-0.1, -0.05) is 12.1 Å². The Morgan fingerprint density at radius 1 is 1.23 bits per heavy atom. The summed E-state index contributed by atoms with van der Waals surface area (Å²) in [5.74, 6) is -0.318. The number of halogens is 1. The van der Waals surface area contributed by atoms with E-state index in [0.29, 0.717) is 26.2 Å². The number of rotatable bonds is 4. The number of carbonyl (C=O) groups is 1. The minimum Gasteiger partial charge on any atom is -0.337 e. The van der Waals surface area contributed by atoms with Crippen molar-refractivity contribution in [3.8, 4) is 6.07 Å². The van der Waals surface area contributed by atoms with Gasteiger partial charge in [0.25, 0.3) is 0 Å². The Morgan fingerprint density at radius 2 is 1.92 bits per heavy atom. The second-order valence-corrected chi connectivity index (χ2v) is 7.19. The standard InChI is InChI=1S/C20H20FN3OS/c1-15-8-13-26-19(15)6-7-20(25)24-11-9-23(10-12-24)18(14-22)16-2-4-17(21)5-3-16/h2-8,13,18H,9-12H2,1H3/b7-6+/t18-/m0/s1. The molecule has 0 unspecified atom stereocenters. The predicted octanol–water partition coefficient (Wildman–Crippen LogP) is 3.62. The highest BCUT2D eigenvalue weighted by atomic mass is 32.1. The molecule has 0 saturated carbocycles. The van der Waals surface area contributed by atoms with Crippen LogP contribution in [0.4, 0.5) is 4.39 Å². The lowest BCUT2D eigenvalue weighted by Crippen LogP contribution is -2.49. The van der Waals surface area contributed by atoms with E-state index in [4.69, 9.17) is 0 Å². The lowest BCUT2D eigenvalue weighted by atomic mass is 10.1. The van der Waals surface area contributed by atoms with E-state index in [1.165, 1.54) is 17.7 Å². The number of hydrogen-bond acceptors (Lipinski definition) is 4. The zero-order valence-corrected chi connectivity index (χ0v) is 15.4. The van der Waals surface area contributed by atoms with Gasteiger partial charge in [0.05, 0.1) is 6.07 Å². The molecule has 1 aliphatic rings. The number of carbonyl (C=O) groups excluding carboxylic acids is 1. The largest absolute Gasteiger partial charge is 0.337 e. The highest BCUT2D eigenvalue weighted by Crippen LogP contribution is 2.22. The van der Waals surface area contributed by atoms with Crippen LogP contribution in [0, 0.1) is 24.1 Å². The Hall–Kier alpha value is -2.49. The van der Waals surface area contributed by atoms with Crippen LogP contribution in [-0.4, -0.2) is 41.9 Å². The van der Waals surface area contributed by atoms with Crippen LogP contribution >= 0.6 is 11.3 Å². The van der Waals surface area contributed by atoms with Gasteiger partial charge in [0.15, 0.2) is 0 Å². The van der Waals surface area contributed by atoms with Crippen LogP contribution in [0.15, 0.2) is 41.8 Å². The van der Waals surface area contributed by atoms with E-state index < -0.39 is 6.04 Å². The molecule has 1 aromatic carbocycles. The van der Waals surface area contributed by atoms with Gasteiger partial charge >= 0.3 is 0 Å². The lowest BCUT2D eigenvalue weighted by Gasteiger charge is -2.36. The molecule has 1 amide bonds. The van der Waals surface area contributed by atoms with Crippen molar-refractivity contribution in [2.24, 2.45) is 0 Å². The number of nitrogens with zero attached hydrogens (tertiary/aromatic N) is 3. The first-order chi connectivity index (χ1) is 12.6. The molecule has 134 valence electrons. The summed E-state index contributed by atoms with van der Waals surface area (Å²) < 4.78 is 13.1. The third-order valence-corrected chi connectivity index (χ3v) is 5.56. The van der Waals surface area contributed by atoms with Crippen molar-refractivity contribution < 1.29 is 9.18 Å². The second-order valence-electron chi connectivity index (χ2n) is 6.25. The summed E-state index contributed by atoms with van der Waals surface area (Å²) in [6.45, 7) is 4.41. The maximum atomic E-state index is 13.1. The molecule has 1 fully saturated rings. The lowest BCUT2D eigenvalue weighted by molar-refractivity contribution is -0.127. The van der Waals surface area contributed by atoms with Gasteiger partial charge in [0.2, 0.25) is 5.91 Å². The van der Waals surface area contributed by atoms with E-state index in [0.717, 1.165) is 10.4 Å². The van der Waals surface area contributed by atoms with Crippen molar-refractivity contribution in [2.75, 3.05) is 26.2 Å². The van der Waals surface area contributed by atoms with Crippen LogP contribution in [0.1, 0.15) is 22.0 Å². The molecule has 0 spiro atoms. The van der Waals surface area contributed by atoms with Crippen LogP contribution < -0.4 is 0 Å². The van der Waals surface area contributed by atoms with Gasteiger partial charge in [0, 0.05) is 37.1 Å². The van der Waals surface area contributed by atoms with Crippen molar-refractivity contribution in [3.63, 3.8) is 0 Å². The molecule has 6 heteroatoms. The van der Waals surface area contributed by atoms with Gasteiger partial charge in [-0.05, 0) is 47.7 Å². The Bertz CT molecular complexity index is 829. The average Bonchev–Trinajstić information content (AvgIpc) is 3.07. The summed E-state index contributed by atoms with van der Waals surface area (Å²) >= 11 is 1.62. The minimum absolute atomic E-state index is 0.00672. The maximum absolute atomic E-state index is 13.1. The fourth-order valence-electron chi connectivity index (χ4n) is 3.02. The summed E-state index contributed by atoms with van der Waals surface area (Å²) in [6, 6.07) is 9.94. The summed E-state index contributed by atoms with van der Waals surface area (Å²) in [5, 5.41) is 11.5. The van der Waals surface area contributed by atoms with Crippen LogP contribution in [0.2, 0.25) is 0 Å². The van der Waals surface area contributed by atoms with Crippen LogP contribution in [0.3, 0.4) is 0 Å². The van der Waals surface area contributed by atoms with E-state index in [1.54, 1.807) is 34.4 Å². The summed E-state index contributed by atoms with van der Waals surface area (Å²) in [6.07, 6.45) is 3.49. The van der Waals surface area contributed by atoms with E-state index in [9.17, 15) is 14.4 Å². The maximum Gasteiger partial charge on any atom is 0.246 e. The Balaban J connectivity index is 1.58. The number of amides is 1. The van der Waals surface area contributed by atoms with Crippen LogP contribution in [-0.2, 0) is 4.79 Å². The predicted molar refractivity (Wildman–Crippen MR) is 101 cm³/mol. The van der Waals surface area contributed by atoms with Gasteiger partial charge < -0.3 is 4.90 Å². The third-order valence-electron chi connectivity index (χ3n) is 4.58. The Morgan fingerprint density at radius 3 is 2.50 bits per heavy atom. The van der Waals surface area contributed by atoms with Crippen LogP contribution in [0.5, 0.6) is 0 Å². The van der Waals surface area contributed by atoms with Crippen molar-refractivity contribution in [1.82, 2.24) is 9.80 Å². The van der Waals surface area contributed by atoms with E-state index in [-0.39, 0.29) is 11.7 Å². The monoisotopic (exact) mass is 369 g/mol. The molecular formula is C20H20FN3OS. The Labute approximate surface area is 156 Å². The summed E-state index contributed by atoms with van der Waals surface area (Å²) in [7, 11) is 0. The first kappa shape index (κ1) is 18.3. The topological polar surface area (TPSA) is 47.3 Å². The SMILES string of the molecule is Cc1ccsc1/C=C/C(=O)N1CCN([C@@H](C#N)c2ccc(F)cc2)CC1. The zero-order valence-electron chi connectivity index (χ0n) is 14.6. The van der Waals surface area contributed by atoms with Crippen molar-refractivity contribution in [3.05, 3.63) is 63.6 Å². The fourth-order valence-corrected chi connectivity index (χ4v) is 3.84. The first-order valence-corrected chi connectivity index (χ1v) is 9.36. The molecule has 2 heterocycles. The van der Waals surface area contributed by atoms with Crippen molar-refractivity contribution in [2.45, 2.75) is 13.0 Å². The van der Waals surface area contributed by atoms with Gasteiger partial charge in [-0.15, -0.1) is 11.3 Å². The highest BCUT2D eigenvalue weighted by Gasteiger charge is 2.26. The molecule has 0 aliphatic carbocycles. The van der Waals surface area contributed by atoms with E-state index >= 15 is 0 Å². The molecular weight excluding hydrogens is 349 g/mol. The number of piperazine rings is 1. The number of aryl methyl sites for hydroxylation is 1. The molecule has 0 N–H and O–H groups in total. The fraction of sp³-hybridized carbons (Fsp3) is 0.300. The second kappa shape index (κ2) is 8.26. The van der Waals surface area contributed by atoms with Gasteiger partial charge in [-0.2, -0.15) is 5.26 Å². The zero-order chi connectivity index (χ0) is 18.5. The van der Waals surface area contributed by atoms with Crippen LogP contribution in [0.25, 0.3) is 6.08 Å². The number of nitriles is 1. The van der Waals surface area contributed by atoms with E-state index in [1.807, 2.05) is 29.3 Å². The van der Waals surface area contributed by atoms with Gasteiger partial charge in [-0.25, -0.2) is 4.39 Å². The van der Waals surface area contributed by atoms with Crippen molar-refractivity contribution >= 4 is 23.3 Å². The smallest absolute Gasteiger partial charge is 0.246 e. The molecule has 3 rings (SSSR count). The van der Waals surface area contributed by atoms with E-state index in [2.05, 4.69) is 6.07 Å². The van der Waals surface area contributed by atoms with Gasteiger partial charge in [0.1, 0.15) is 11.9 Å². The molecule has 1 atom stereocenters. The normalized spacial score (nSPS) is 16.6. The average molecular weight is 369 g/mol. The molecule has 1 aliphatic heterocycles. The molecule has 1 saturated heterocycles. The molecule has 1 aromatic heterocycles. The quantitative estimate of drug-likeness (QED) is 0.774. The molecule has 26 heavy (non-hydrogen) atoms. The van der Waals surface area contributed by atoms with Crippen molar-refractivity contribution in [1.29, 1.82) is 5.26 Å². The molecule has 0 radical (unpaired) electrons. The first-order valence-electron chi connectivity index (χ1n) is 8.48. The highest BCUT2D eigenvalue weighted by molar-refractivity contribution is 7.11. The summed E-state index contributed by atoms with van der Waals surface area (Å²) in [5.41, 5.74) is 1.95. The Kier molecular flexibility index (Phi) is 5.82. The molecule has 0 bridgehead atoms. The number of thiophene rings is 1. The van der Waals surface area contributed by atoms with Gasteiger partial charge in [-0.3, -0.25) is 9.69 Å².